The predicted octanol–water partition coefficient (Wildman–Crippen LogP) is 5.70. The summed E-state index contributed by atoms with van der Waals surface area (Å²) >= 11 is 0. The van der Waals surface area contributed by atoms with E-state index < -0.39 is 19.0 Å². The van der Waals surface area contributed by atoms with Gasteiger partial charge in [0.2, 0.25) is 12.7 Å². The highest BCUT2D eigenvalue weighted by molar-refractivity contribution is 6.03. The summed E-state index contributed by atoms with van der Waals surface area (Å²) < 4.78 is 22.4. The summed E-state index contributed by atoms with van der Waals surface area (Å²) in [6, 6.07) is 16.6. The minimum atomic E-state index is -0.961. The molecule has 13 heteroatoms. The monoisotopic (exact) mass is 600 g/mol. The van der Waals surface area contributed by atoms with Crippen molar-refractivity contribution in [1.82, 2.24) is 24.6 Å². The Hall–Kier alpha value is -5.46. The second-order valence-electron chi connectivity index (χ2n) is 10.2. The van der Waals surface area contributed by atoms with Gasteiger partial charge in [0.1, 0.15) is 23.5 Å². The topological polar surface area (TPSA) is 147 Å². The van der Waals surface area contributed by atoms with Crippen LogP contribution in [0.5, 0.6) is 11.5 Å². The lowest BCUT2D eigenvalue weighted by atomic mass is 10.1. The van der Waals surface area contributed by atoms with Gasteiger partial charge in [-0.1, -0.05) is 24.8 Å². The smallest absolute Gasteiger partial charge is 0.457 e. The third-order valence-corrected chi connectivity index (χ3v) is 6.74. The van der Waals surface area contributed by atoms with Gasteiger partial charge in [0.15, 0.2) is 11.5 Å². The number of para-hydroxylation sites is 1. The Morgan fingerprint density at radius 3 is 2.52 bits per heavy atom. The van der Waals surface area contributed by atoms with E-state index in [9.17, 15) is 14.4 Å². The first-order valence-electron chi connectivity index (χ1n) is 14.1. The van der Waals surface area contributed by atoms with Crippen LogP contribution >= 0.6 is 0 Å². The number of likely N-dealkylation sites (tertiary alicyclic amines) is 1. The van der Waals surface area contributed by atoms with Crippen LogP contribution in [0.25, 0.3) is 22.3 Å². The van der Waals surface area contributed by atoms with Gasteiger partial charge >= 0.3 is 12.2 Å². The minimum Gasteiger partial charge on any atom is -0.457 e. The number of fused-ring (bicyclic) bond motifs is 1. The van der Waals surface area contributed by atoms with Crippen molar-refractivity contribution >= 4 is 35.0 Å². The van der Waals surface area contributed by atoms with Gasteiger partial charge in [0, 0.05) is 18.7 Å². The fraction of sp³-hybridized carbons (Fsp3) is 0.290. The van der Waals surface area contributed by atoms with Crippen LogP contribution < -0.4 is 10.1 Å². The molecule has 3 heterocycles. The van der Waals surface area contributed by atoms with E-state index in [-0.39, 0.29) is 23.9 Å². The molecule has 44 heavy (non-hydrogen) atoms. The van der Waals surface area contributed by atoms with Gasteiger partial charge < -0.3 is 23.8 Å². The Balaban J connectivity index is 1.45. The number of aromatic nitrogens is 4. The lowest BCUT2D eigenvalue weighted by Gasteiger charge is -2.32. The molecule has 228 valence electrons. The van der Waals surface area contributed by atoms with Crippen molar-refractivity contribution in [3.8, 4) is 22.8 Å². The second kappa shape index (κ2) is 13.7. The Bertz CT molecular complexity index is 1640. The van der Waals surface area contributed by atoms with E-state index >= 15 is 0 Å². The molecule has 0 aliphatic carbocycles. The van der Waals surface area contributed by atoms with E-state index in [4.69, 9.17) is 24.0 Å². The largest absolute Gasteiger partial charge is 0.511 e. The molecule has 1 aliphatic rings. The van der Waals surface area contributed by atoms with Crippen LogP contribution in [0.1, 0.15) is 32.7 Å². The number of carbonyl (C=O) groups excluding carboxylic acids is 3. The molecule has 0 radical (unpaired) electrons. The van der Waals surface area contributed by atoms with Gasteiger partial charge in [-0.05, 0) is 69.2 Å². The van der Waals surface area contributed by atoms with Gasteiger partial charge in [-0.3, -0.25) is 10.1 Å². The predicted molar refractivity (Wildman–Crippen MR) is 160 cm³/mol. The molecule has 1 atom stereocenters. The van der Waals surface area contributed by atoms with Crippen molar-refractivity contribution in [2.75, 3.05) is 25.2 Å². The summed E-state index contributed by atoms with van der Waals surface area (Å²) in [4.78, 5) is 47.2. The molecule has 0 spiro atoms. The maximum atomic E-state index is 12.7. The number of benzene rings is 2. The molecule has 13 nitrogen and oxygen atoms in total. The zero-order valence-corrected chi connectivity index (χ0v) is 24.3. The average molecular weight is 601 g/mol. The maximum absolute atomic E-state index is 12.7. The van der Waals surface area contributed by atoms with Crippen LogP contribution in [0.3, 0.4) is 0 Å². The molecule has 1 fully saturated rings. The van der Waals surface area contributed by atoms with Crippen LogP contribution in [0.4, 0.5) is 15.4 Å². The quantitative estimate of drug-likeness (QED) is 0.144. The van der Waals surface area contributed by atoms with Crippen molar-refractivity contribution < 1.29 is 33.3 Å². The molecule has 1 aliphatic heterocycles. The van der Waals surface area contributed by atoms with Crippen LogP contribution in [-0.2, 0) is 19.0 Å². The number of hydrogen-bond acceptors (Lipinski definition) is 10. The minimum absolute atomic E-state index is 0.144. The maximum Gasteiger partial charge on any atom is 0.511 e. The van der Waals surface area contributed by atoms with E-state index in [1.165, 1.54) is 12.4 Å². The fourth-order valence-electron chi connectivity index (χ4n) is 4.80. The first-order chi connectivity index (χ1) is 21.3. The molecule has 4 aromatic rings. The summed E-state index contributed by atoms with van der Waals surface area (Å²) in [7, 11) is 0. The van der Waals surface area contributed by atoms with Crippen molar-refractivity contribution in [2.24, 2.45) is 0 Å². The number of ether oxygens (including phenoxy) is 4. The van der Waals surface area contributed by atoms with Crippen LogP contribution in [0.15, 0.2) is 73.6 Å². The average Bonchev–Trinajstić information content (AvgIpc) is 3.42. The van der Waals surface area contributed by atoms with Crippen LogP contribution in [0, 0.1) is 0 Å². The standard InChI is InChI=1S/C31H32N6O7/c1-4-25(38)36-16-8-9-22(17-36)37-29-26(28(32-18-33-29)34-30(39)41-19-42-31(40)43-20(2)3)27(35-37)21-12-14-24(15-13-21)44-23-10-6-5-7-11-23/h4-7,10-15,18,20,22H,1,8-9,16-17,19H2,2-3H3,(H,32,33,34,39)/t22-/m1/s1. The number of rotatable bonds is 9. The SMILES string of the molecule is C=CC(=O)N1CCC[C@@H](n2nc(-c3ccc(Oc4ccccc4)cc3)c3c(NC(=O)OCOC(=O)OC(C)C)ncnc32)C1. The summed E-state index contributed by atoms with van der Waals surface area (Å²) in [5.74, 6) is 1.32. The zero-order valence-electron chi connectivity index (χ0n) is 24.3. The highest BCUT2D eigenvalue weighted by Crippen LogP contribution is 2.36. The molecule has 0 saturated carbocycles. The zero-order chi connectivity index (χ0) is 31.1. The third kappa shape index (κ3) is 7.12. The third-order valence-electron chi connectivity index (χ3n) is 6.74. The Morgan fingerprint density at radius 2 is 1.80 bits per heavy atom. The first-order valence-corrected chi connectivity index (χ1v) is 14.1. The fourth-order valence-corrected chi connectivity index (χ4v) is 4.80. The molecular weight excluding hydrogens is 568 g/mol. The highest BCUT2D eigenvalue weighted by Gasteiger charge is 2.29. The molecule has 1 saturated heterocycles. The summed E-state index contributed by atoms with van der Waals surface area (Å²) in [6.07, 6.45) is 1.89. The van der Waals surface area contributed by atoms with Gasteiger partial charge in [-0.15, -0.1) is 0 Å². The van der Waals surface area contributed by atoms with Gasteiger partial charge in [0.25, 0.3) is 0 Å². The lowest BCUT2D eigenvalue weighted by Crippen LogP contribution is -2.40. The number of carbonyl (C=O) groups is 3. The normalized spacial score (nSPS) is 14.6. The molecule has 2 aromatic carbocycles. The van der Waals surface area contributed by atoms with Crippen LogP contribution in [0.2, 0.25) is 0 Å². The first kappa shape index (κ1) is 30.0. The number of nitrogens with zero attached hydrogens (tertiary/aromatic N) is 5. The Morgan fingerprint density at radius 1 is 1.05 bits per heavy atom. The molecule has 2 aromatic heterocycles. The number of piperidine rings is 1. The number of nitrogens with one attached hydrogen (secondary N) is 1. The van der Waals surface area contributed by atoms with E-state index in [0.29, 0.717) is 41.3 Å². The molecule has 2 amide bonds. The van der Waals surface area contributed by atoms with Crippen LogP contribution in [-0.4, -0.2) is 68.8 Å². The molecular formula is C31H32N6O7. The second-order valence-corrected chi connectivity index (χ2v) is 10.2. The highest BCUT2D eigenvalue weighted by atomic mass is 16.8. The van der Waals surface area contributed by atoms with Crippen molar-refractivity contribution in [2.45, 2.75) is 38.8 Å². The van der Waals surface area contributed by atoms with E-state index in [0.717, 1.165) is 18.4 Å². The van der Waals surface area contributed by atoms with E-state index in [1.807, 2.05) is 54.6 Å². The van der Waals surface area contributed by atoms with E-state index in [1.54, 1.807) is 23.4 Å². The summed E-state index contributed by atoms with van der Waals surface area (Å²) in [6.45, 7) is 7.33. The van der Waals surface area contributed by atoms with Crippen molar-refractivity contribution in [3.63, 3.8) is 0 Å². The van der Waals surface area contributed by atoms with Gasteiger partial charge in [-0.25, -0.2) is 24.2 Å². The summed E-state index contributed by atoms with van der Waals surface area (Å²) in [5.41, 5.74) is 1.69. The number of anilines is 1. The van der Waals surface area contributed by atoms with Crippen molar-refractivity contribution in [1.29, 1.82) is 0 Å². The molecule has 1 N–H and O–H groups in total. The van der Waals surface area contributed by atoms with Gasteiger partial charge in [-0.2, -0.15) is 5.10 Å². The molecule has 0 bridgehead atoms. The van der Waals surface area contributed by atoms with Crippen molar-refractivity contribution in [3.05, 3.63) is 73.6 Å². The van der Waals surface area contributed by atoms with Gasteiger partial charge in [0.05, 0.1) is 17.5 Å². The number of hydrogen-bond donors (Lipinski definition) is 1. The molecule has 0 unspecified atom stereocenters. The lowest BCUT2D eigenvalue weighted by molar-refractivity contribution is -0.127. The van der Waals surface area contributed by atoms with E-state index in [2.05, 4.69) is 21.9 Å². The Labute approximate surface area is 253 Å². The summed E-state index contributed by atoms with van der Waals surface area (Å²) in [5, 5.41) is 8.00. The Kier molecular flexibility index (Phi) is 9.33. The number of amides is 2. The molecule has 5 rings (SSSR count).